The minimum Gasteiger partial charge on any atom is -0.310 e. The highest BCUT2D eigenvalue weighted by Gasteiger charge is 2.42. The number of hydrogen-bond acceptors (Lipinski definition) is 8. The van der Waals surface area contributed by atoms with Crippen molar-refractivity contribution >= 4 is 46.0 Å². The van der Waals surface area contributed by atoms with Crippen LogP contribution in [0.1, 0.15) is 0 Å². The van der Waals surface area contributed by atoms with Gasteiger partial charge in [-0.2, -0.15) is 4.20 Å². The van der Waals surface area contributed by atoms with Crippen LogP contribution in [0.4, 0.5) is 4.20 Å². The second-order valence-electron chi connectivity index (χ2n) is 7.21. The molecular weight excluding hydrogens is 527 g/mol. The second kappa shape index (κ2) is 10.8. The average molecular weight is 554 g/mol. The Balaban J connectivity index is 2.23. The maximum Gasteiger partial charge on any atom is 0.368 e. The van der Waals surface area contributed by atoms with Crippen LogP contribution < -0.4 is 15.9 Å². The highest BCUT2D eigenvalue weighted by molar-refractivity contribution is 7.92. The normalized spacial score (nSPS) is 20.7. The van der Waals surface area contributed by atoms with E-state index in [1.807, 2.05) is 91.0 Å². The van der Waals surface area contributed by atoms with Crippen molar-refractivity contribution in [2.75, 3.05) is 28.4 Å². The zero-order valence-corrected chi connectivity index (χ0v) is 23.3. The highest BCUT2D eigenvalue weighted by atomic mass is 31.3. The lowest BCUT2D eigenvalue weighted by Crippen LogP contribution is -2.25. The summed E-state index contributed by atoms with van der Waals surface area (Å²) in [5.41, 5.74) is 0. The van der Waals surface area contributed by atoms with Gasteiger partial charge in [0.15, 0.2) is 0 Å². The van der Waals surface area contributed by atoms with Crippen LogP contribution in [0.5, 0.6) is 0 Å². The Kier molecular flexibility index (Phi) is 8.12. The number of rotatable bonds is 8. The fourth-order valence-corrected chi connectivity index (χ4v) is 17.4. The molecule has 0 bridgehead atoms. The standard InChI is InChI=1S/C22H27FN4O4P4/c1-28-34(29-2)25-33(23,26-35(27-34,30-3)31-4)24-32(20-14-8-5-9-15-20,21-16-10-6-11-17-21)22-18-12-7-13-19-22/h5-19H,1-4H3. The Labute approximate surface area is 205 Å². The summed E-state index contributed by atoms with van der Waals surface area (Å²) in [6, 6.07) is 29.0. The fraction of sp³-hybridized carbons (Fsp3) is 0.182. The van der Waals surface area contributed by atoms with Gasteiger partial charge in [-0.3, -0.25) is 0 Å². The van der Waals surface area contributed by atoms with E-state index in [1.54, 1.807) is 0 Å². The van der Waals surface area contributed by atoms with Crippen LogP contribution in [0.15, 0.2) is 109 Å². The molecule has 0 N–H and O–H groups in total. The maximum atomic E-state index is 17.2. The lowest BCUT2D eigenvalue weighted by Gasteiger charge is -2.31. The highest BCUT2D eigenvalue weighted by Crippen LogP contribution is 2.82. The van der Waals surface area contributed by atoms with E-state index in [1.165, 1.54) is 28.4 Å². The van der Waals surface area contributed by atoms with Gasteiger partial charge in [-0.15, -0.1) is 13.5 Å². The van der Waals surface area contributed by atoms with Crippen LogP contribution in [-0.4, -0.2) is 28.4 Å². The number of hydrogen-bond donors (Lipinski definition) is 0. The minimum absolute atomic E-state index is 0.861. The largest absolute Gasteiger partial charge is 0.368 e. The Bertz CT molecular complexity index is 1270. The quantitative estimate of drug-likeness (QED) is 0.269. The third-order valence-corrected chi connectivity index (χ3v) is 17.7. The molecule has 0 saturated carbocycles. The first-order chi connectivity index (χ1) is 16.9. The second-order valence-corrected chi connectivity index (χ2v) is 17.3. The van der Waals surface area contributed by atoms with Crippen LogP contribution >= 0.6 is 30.0 Å². The Morgan fingerprint density at radius 1 is 0.571 bits per heavy atom. The summed E-state index contributed by atoms with van der Waals surface area (Å²) >= 11 is 0. The first-order valence-corrected chi connectivity index (χ1v) is 16.9. The van der Waals surface area contributed by atoms with Gasteiger partial charge in [-0.25, -0.2) is 4.52 Å². The van der Waals surface area contributed by atoms with Crippen molar-refractivity contribution in [2.24, 2.45) is 18.1 Å². The molecular formula is C22H27FN4O4P4. The van der Waals surface area contributed by atoms with Crippen LogP contribution in [0.25, 0.3) is 0 Å². The maximum absolute atomic E-state index is 17.2. The van der Waals surface area contributed by atoms with Gasteiger partial charge < -0.3 is 18.1 Å². The Hall–Kier alpha value is -1.65. The van der Waals surface area contributed by atoms with E-state index in [0.29, 0.717) is 0 Å². The van der Waals surface area contributed by atoms with E-state index in [2.05, 4.69) is 13.5 Å². The molecule has 3 aromatic carbocycles. The SMILES string of the molecule is COP1(OC)=NP(F)(N=P(c2ccccc2)(c2ccccc2)c2ccccc2)=NP(OC)(OC)=N1. The molecule has 0 saturated heterocycles. The summed E-state index contributed by atoms with van der Waals surface area (Å²) in [4.78, 5) is 0. The predicted octanol–water partition coefficient (Wildman–Crippen LogP) is 7.57. The molecule has 8 nitrogen and oxygen atoms in total. The zero-order valence-electron chi connectivity index (χ0n) is 19.7. The molecule has 4 rings (SSSR count). The van der Waals surface area contributed by atoms with Crippen molar-refractivity contribution in [3.8, 4) is 0 Å². The third-order valence-electron chi connectivity index (χ3n) is 5.27. The van der Waals surface area contributed by atoms with Gasteiger partial charge in [-0.05, 0) is 0 Å². The van der Waals surface area contributed by atoms with Gasteiger partial charge in [0.05, 0.1) is 7.05 Å². The summed E-state index contributed by atoms with van der Waals surface area (Å²) in [6.45, 7) is 0. The molecule has 1 heterocycles. The van der Waals surface area contributed by atoms with Gasteiger partial charge in [-0.1, -0.05) is 91.0 Å². The monoisotopic (exact) mass is 554 g/mol. The van der Waals surface area contributed by atoms with Crippen molar-refractivity contribution in [2.45, 2.75) is 0 Å². The van der Waals surface area contributed by atoms with Gasteiger partial charge in [0.2, 0.25) is 0 Å². The number of benzene rings is 3. The smallest absolute Gasteiger partial charge is 0.310 e. The molecule has 1 unspecified atom stereocenters. The topological polar surface area (TPSA) is 86.4 Å². The Morgan fingerprint density at radius 3 is 1.26 bits per heavy atom. The lowest BCUT2D eigenvalue weighted by molar-refractivity contribution is 0.314. The molecule has 0 amide bonds. The van der Waals surface area contributed by atoms with Crippen molar-refractivity contribution in [1.82, 2.24) is 0 Å². The summed E-state index contributed by atoms with van der Waals surface area (Å²) in [6.07, 6.45) is 0. The summed E-state index contributed by atoms with van der Waals surface area (Å²) in [5, 5.41) is 2.58. The van der Waals surface area contributed by atoms with Gasteiger partial charge >= 0.3 is 23.0 Å². The lowest BCUT2D eigenvalue weighted by atomic mass is 10.4. The van der Waals surface area contributed by atoms with Crippen molar-refractivity contribution in [3.05, 3.63) is 91.0 Å². The molecule has 1 atom stereocenters. The molecule has 35 heavy (non-hydrogen) atoms. The van der Waals surface area contributed by atoms with E-state index in [0.717, 1.165) is 15.9 Å². The molecule has 0 radical (unpaired) electrons. The van der Waals surface area contributed by atoms with Gasteiger partial charge in [0.25, 0.3) is 0 Å². The number of halogens is 1. The molecule has 0 fully saturated rings. The van der Waals surface area contributed by atoms with Gasteiger partial charge in [0.1, 0.15) is 0 Å². The summed E-state index contributed by atoms with van der Waals surface area (Å²) in [7, 11) is -8.71. The summed E-state index contributed by atoms with van der Waals surface area (Å²) in [5.74, 6) is 0. The molecule has 0 aliphatic carbocycles. The van der Waals surface area contributed by atoms with Gasteiger partial charge in [0, 0.05) is 44.4 Å². The number of nitrogens with zero attached hydrogens (tertiary/aromatic N) is 4. The molecule has 1 aliphatic heterocycles. The van der Waals surface area contributed by atoms with E-state index >= 15 is 4.20 Å². The summed E-state index contributed by atoms with van der Waals surface area (Å²) < 4.78 is 57.3. The minimum atomic E-state index is -4.36. The molecule has 13 heteroatoms. The Morgan fingerprint density at radius 2 is 0.914 bits per heavy atom. The van der Waals surface area contributed by atoms with Crippen LogP contribution in [0.2, 0.25) is 0 Å². The molecule has 0 spiro atoms. The van der Waals surface area contributed by atoms with Crippen molar-refractivity contribution in [3.63, 3.8) is 0 Å². The van der Waals surface area contributed by atoms with Crippen molar-refractivity contribution < 1.29 is 22.3 Å². The zero-order chi connectivity index (χ0) is 25.0. The van der Waals surface area contributed by atoms with E-state index in [-0.39, 0.29) is 0 Å². The predicted molar refractivity (Wildman–Crippen MR) is 145 cm³/mol. The van der Waals surface area contributed by atoms with Crippen molar-refractivity contribution in [1.29, 1.82) is 0 Å². The molecule has 3 aromatic rings. The van der Waals surface area contributed by atoms with E-state index < -0.39 is 30.0 Å². The third kappa shape index (κ3) is 5.11. The van der Waals surface area contributed by atoms with Crippen LogP contribution in [0.3, 0.4) is 0 Å². The van der Waals surface area contributed by atoms with E-state index in [9.17, 15) is 0 Å². The first-order valence-electron chi connectivity index (χ1n) is 10.5. The van der Waals surface area contributed by atoms with Crippen LogP contribution in [0, 0.1) is 0 Å². The van der Waals surface area contributed by atoms with E-state index in [4.69, 9.17) is 22.6 Å². The molecule has 0 aromatic heterocycles. The average Bonchev–Trinajstić information content (AvgIpc) is 2.92. The van der Waals surface area contributed by atoms with Crippen LogP contribution in [-0.2, 0) is 18.1 Å². The molecule has 1 aliphatic rings. The first kappa shape index (κ1) is 26.4. The fourth-order valence-electron chi connectivity index (χ4n) is 3.67. The molecule has 186 valence electrons.